The summed E-state index contributed by atoms with van der Waals surface area (Å²) in [6.45, 7) is 0. The van der Waals surface area contributed by atoms with Crippen molar-refractivity contribution in [2.75, 3.05) is 33.1 Å². The molecule has 0 aromatic heterocycles. The van der Waals surface area contributed by atoms with E-state index < -0.39 is 58.0 Å². The van der Waals surface area contributed by atoms with Crippen LogP contribution in [0.2, 0.25) is 0 Å². The Hall–Kier alpha value is -3.37. The summed E-state index contributed by atoms with van der Waals surface area (Å²) in [6.07, 6.45) is 4.26. The number of likely N-dealkylation sites (N-methyl/N-ethyl adjacent to an activating group) is 1. The molecular weight excluding hydrogens is 490 g/mol. The number of phenolic OH excluding ortho intramolecular Hbond substituents is 1. The first-order valence-corrected chi connectivity index (χ1v) is 13.0. The second kappa shape index (κ2) is 8.84. The fourth-order valence-corrected chi connectivity index (χ4v) is 7.26. The first-order chi connectivity index (χ1) is 17.8. The van der Waals surface area contributed by atoms with E-state index in [4.69, 9.17) is 5.73 Å². The van der Waals surface area contributed by atoms with Gasteiger partial charge in [0.15, 0.2) is 11.4 Å². The van der Waals surface area contributed by atoms with E-state index in [0.717, 1.165) is 31.4 Å². The number of hydrogen-bond acceptors (Lipinski definition) is 9. The highest BCUT2D eigenvalue weighted by Gasteiger charge is 2.64. The van der Waals surface area contributed by atoms with Crippen molar-refractivity contribution in [2.45, 2.75) is 56.1 Å². The quantitative estimate of drug-likeness (QED) is 0.368. The molecule has 6 N–H and O–H groups in total. The van der Waals surface area contributed by atoms with Gasteiger partial charge in [-0.15, -0.1) is 0 Å². The number of ketones is 2. The minimum atomic E-state index is -2.63. The van der Waals surface area contributed by atoms with Crippen LogP contribution in [-0.2, 0) is 20.8 Å². The third kappa shape index (κ3) is 3.42. The SMILES string of the molecule is CN(C)c1cc(C2CCCC2)c(O)c2c1C[C@H]1C[C@H]3[C@H](N(C)C)C(=O)C(C(N)=O)=C(O)[C@@]3(O)C(=O)C1=C2O. The summed E-state index contributed by atoms with van der Waals surface area (Å²) in [5.74, 6) is -6.15. The van der Waals surface area contributed by atoms with E-state index in [1.807, 2.05) is 25.1 Å². The predicted molar refractivity (Wildman–Crippen MR) is 140 cm³/mol. The summed E-state index contributed by atoms with van der Waals surface area (Å²) in [5, 5.41) is 45.7. The van der Waals surface area contributed by atoms with Gasteiger partial charge in [-0.05, 0) is 68.8 Å². The Kier molecular flexibility index (Phi) is 6.11. The number of amides is 1. The van der Waals surface area contributed by atoms with E-state index in [9.17, 15) is 34.8 Å². The smallest absolute Gasteiger partial charge is 0.255 e. The molecule has 10 nitrogen and oxygen atoms in total. The Morgan fingerprint density at radius 2 is 1.68 bits per heavy atom. The number of anilines is 1. The van der Waals surface area contributed by atoms with Crippen LogP contribution in [0.4, 0.5) is 5.69 Å². The predicted octanol–water partition coefficient (Wildman–Crippen LogP) is 1.69. The Balaban J connectivity index is 1.75. The number of nitrogens with zero attached hydrogens (tertiary/aromatic N) is 2. The molecule has 0 saturated heterocycles. The van der Waals surface area contributed by atoms with Gasteiger partial charge in [0.05, 0.1) is 11.6 Å². The maximum Gasteiger partial charge on any atom is 0.255 e. The van der Waals surface area contributed by atoms with Crippen LogP contribution >= 0.6 is 0 Å². The Labute approximate surface area is 221 Å². The molecule has 5 rings (SSSR count). The average Bonchev–Trinajstić information content (AvgIpc) is 3.35. The van der Waals surface area contributed by atoms with E-state index >= 15 is 0 Å². The molecule has 0 aliphatic heterocycles. The number of aliphatic hydroxyl groups is 3. The largest absolute Gasteiger partial charge is 0.508 e. The van der Waals surface area contributed by atoms with Crippen molar-refractivity contribution in [3.8, 4) is 5.75 Å². The molecule has 2 fully saturated rings. The third-order valence-electron chi connectivity index (χ3n) is 9.00. The number of aromatic hydroxyl groups is 1. The Bertz CT molecular complexity index is 1320. The average molecular weight is 526 g/mol. The highest BCUT2D eigenvalue weighted by atomic mass is 16.3. The third-order valence-corrected chi connectivity index (χ3v) is 9.00. The number of nitrogens with two attached hydrogens (primary N) is 1. The van der Waals surface area contributed by atoms with Crippen molar-refractivity contribution in [1.82, 2.24) is 4.90 Å². The zero-order valence-electron chi connectivity index (χ0n) is 22.1. The van der Waals surface area contributed by atoms with E-state index in [-0.39, 0.29) is 35.6 Å². The lowest BCUT2D eigenvalue weighted by Gasteiger charge is -2.50. The second-order valence-corrected chi connectivity index (χ2v) is 11.5. The number of aliphatic hydroxyl groups excluding tert-OH is 2. The van der Waals surface area contributed by atoms with Gasteiger partial charge in [0.25, 0.3) is 5.91 Å². The lowest BCUT2D eigenvalue weighted by molar-refractivity contribution is -0.153. The van der Waals surface area contributed by atoms with Crippen LogP contribution in [-0.4, -0.2) is 82.6 Å². The van der Waals surface area contributed by atoms with Crippen molar-refractivity contribution in [3.05, 3.63) is 39.7 Å². The highest BCUT2D eigenvalue weighted by Crippen LogP contribution is 2.55. The van der Waals surface area contributed by atoms with Crippen LogP contribution in [0.15, 0.2) is 23.0 Å². The maximum absolute atomic E-state index is 14.0. The van der Waals surface area contributed by atoms with Crippen LogP contribution in [0, 0.1) is 11.8 Å². The second-order valence-electron chi connectivity index (χ2n) is 11.5. The lowest BCUT2D eigenvalue weighted by Crippen LogP contribution is -2.65. The fourth-order valence-electron chi connectivity index (χ4n) is 7.26. The van der Waals surface area contributed by atoms with Gasteiger partial charge >= 0.3 is 0 Å². The molecular formula is C28H35N3O7. The number of rotatable bonds is 4. The molecule has 1 aromatic rings. The fraction of sp³-hybridized carbons (Fsp3) is 0.536. The van der Waals surface area contributed by atoms with Gasteiger partial charge in [-0.25, -0.2) is 0 Å². The minimum absolute atomic E-state index is 0.0732. The van der Waals surface area contributed by atoms with Crippen molar-refractivity contribution >= 4 is 28.9 Å². The van der Waals surface area contributed by atoms with Crippen molar-refractivity contribution < 1.29 is 34.8 Å². The first-order valence-electron chi connectivity index (χ1n) is 13.0. The summed E-state index contributed by atoms with van der Waals surface area (Å²) >= 11 is 0. The number of Topliss-reactive ketones (excluding diaryl/α,β-unsaturated/α-hetero) is 2. The summed E-state index contributed by atoms with van der Waals surface area (Å²) in [6, 6.07) is 0.864. The first kappa shape index (κ1) is 26.2. The van der Waals surface area contributed by atoms with Gasteiger partial charge in [-0.1, -0.05) is 12.8 Å². The molecule has 4 atom stereocenters. The number of hydrogen-bond donors (Lipinski definition) is 5. The van der Waals surface area contributed by atoms with Crippen molar-refractivity contribution in [2.24, 2.45) is 17.6 Å². The Morgan fingerprint density at radius 1 is 1.05 bits per heavy atom. The lowest BCUT2D eigenvalue weighted by atomic mass is 9.57. The van der Waals surface area contributed by atoms with E-state index in [1.54, 1.807) is 14.1 Å². The highest BCUT2D eigenvalue weighted by molar-refractivity contribution is 6.24. The van der Waals surface area contributed by atoms with Crippen LogP contribution < -0.4 is 10.6 Å². The topological polar surface area (TPSA) is 165 Å². The monoisotopic (exact) mass is 525 g/mol. The summed E-state index contributed by atoms with van der Waals surface area (Å²) in [5.41, 5.74) is 4.19. The minimum Gasteiger partial charge on any atom is -0.508 e. The van der Waals surface area contributed by atoms with Crippen LogP contribution in [0.25, 0.3) is 5.76 Å². The molecule has 38 heavy (non-hydrogen) atoms. The molecule has 10 heteroatoms. The maximum atomic E-state index is 14.0. The molecule has 2 saturated carbocycles. The molecule has 0 unspecified atom stereocenters. The van der Waals surface area contributed by atoms with Gasteiger partial charge in [-0.3, -0.25) is 19.3 Å². The summed E-state index contributed by atoms with van der Waals surface area (Å²) < 4.78 is 0. The molecule has 0 heterocycles. The number of carbonyl (C=O) groups is 3. The standard InChI is InChI=1S/C28H35N3O7/c1-30(2)17-11-14(12-7-5-6-8-12)22(32)19-15(17)9-13-10-16-21(31(3)4)24(34)20(27(29)37)26(36)28(16,38)25(35)18(13)23(19)33/h11-13,16,21,32-33,36,38H,5-10H2,1-4H3,(H2,29,37)/t13-,16-,21-,28-/m0/s1. The molecule has 4 aliphatic carbocycles. The van der Waals surface area contributed by atoms with Gasteiger partial charge in [-0.2, -0.15) is 0 Å². The molecule has 0 bridgehead atoms. The number of primary amides is 1. The van der Waals surface area contributed by atoms with Gasteiger partial charge in [0.2, 0.25) is 5.78 Å². The molecule has 204 valence electrons. The molecule has 1 aromatic carbocycles. The number of fused-ring (bicyclic) bond motifs is 3. The normalized spacial score (nSPS) is 29.5. The Morgan fingerprint density at radius 3 is 2.24 bits per heavy atom. The van der Waals surface area contributed by atoms with E-state index in [1.165, 1.54) is 4.90 Å². The number of benzene rings is 1. The van der Waals surface area contributed by atoms with Crippen LogP contribution in [0.3, 0.4) is 0 Å². The van der Waals surface area contributed by atoms with E-state index in [0.29, 0.717) is 11.1 Å². The molecule has 0 radical (unpaired) electrons. The van der Waals surface area contributed by atoms with E-state index in [2.05, 4.69) is 0 Å². The van der Waals surface area contributed by atoms with Crippen molar-refractivity contribution in [1.29, 1.82) is 0 Å². The number of carbonyl (C=O) groups excluding carboxylic acids is 3. The molecule has 1 amide bonds. The van der Waals surface area contributed by atoms with Crippen LogP contribution in [0.1, 0.15) is 54.7 Å². The zero-order valence-corrected chi connectivity index (χ0v) is 22.1. The number of phenols is 1. The molecule has 4 aliphatic rings. The van der Waals surface area contributed by atoms with Crippen LogP contribution in [0.5, 0.6) is 5.75 Å². The zero-order chi connectivity index (χ0) is 27.8. The van der Waals surface area contributed by atoms with Gasteiger partial charge < -0.3 is 31.1 Å². The molecule has 0 spiro atoms. The van der Waals surface area contributed by atoms with Gasteiger partial charge in [0.1, 0.15) is 22.8 Å². The summed E-state index contributed by atoms with van der Waals surface area (Å²) in [7, 11) is 6.92. The summed E-state index contributed by atoms with van der Waals surface area (Å²) in [4.78, 5) is 42.8. The van der Waals surface area contributed by atoms with Gasteiger partial charge in [0, 0.05) is 31.3 Å². The van der Waals surface area contributed by atoms with Crippen molar-refractivity contribution in [3.63, 3.8) is 0 Å².